The largest absolute Gasteiger partial charge is 0.573 e. The summed E-state index contributed by atoms with van der Waals surface area (Å²) >= 11 is 3.09. The highest BCUT2D eigenvalue weighted by atomic mass is 79.9. The first-order chi connectivity index (χ1) is 15.5. The van der Waals surface area contributed by atoms with Crippen molar-refractivity contribution in [3.8, 4) is 17.0 Å². The van der Waals surface area contributed by atoms with Gasteiger partial charge in [-0.05, 0) is 52.2 Å². The molecule has 0 unspecified atom stereocenters. The summed E-state index contributed by atoms with van der Waals surface area (Å²) in [6.07, 6.45) is -4.83. The Hall–Kier alpha value is -2.92. The van der Waals surface area contributed by atoms with Gasteiger partial charge in [-0.3, -0.25) is 0 Å². The first kappa shape index (κ1) is 24.7. The number of halogens is 5. The third kappa shape index (κ3) is 7.03. The predicted molar refractivity (Wildman–Crippen MR) is 121 cm³/mol. The Morgan fingerprint density at radius 3 is 2.48 bits per heavy atom. The van der Waals surface area contributed by atoms with Crippen LogP contribution in [0.15, 0.2) is 53.0 Å². The molecule has 11 heteroatoms. The first-order valence-electron chi connectivity index (χ1n) is 9.89. The lowest BCUT2D eigenvalue weighted by atomic mass is 10.1. The lowest BCUT2D eigenvalue weighted by molar-refractivity contribution is -0.274. The Morgan fingerprint density at radius 1 is 1.09 bits per heavy atom. The molecule has 33 heavy (non-hydrogen) atoms. The average Bonchev–Trinajstić information content (AvgIpc) is 2.73. The van der Waals surface area contributed by atoms with Gasteiger partial charge in [0.05, 0.1) is 22.8 Å². The second kappa shape index (κ2) is 10.3. The Labute approximate surface area is 196 Å². The van der Waals surface area contributed by atoms with Gasteiger partial charge in [-0.1, -0.05) is 26.0 Å². The predicted octanol–water partition coefficient (Wildman–Crippen LogP) is 6.12. The van der Waals surface area contributed by atoms with Crippen LogP contribution in [0.4, 0.5) is 35.0 Å². The van der Waals surface area contributed by atoms with Gasteiger partial charge in [-0.2, -0.15) is 4.98 Å². The van der Waals surface area contributed by atoms with Gasteiger partial charge in [-0.15, -0.1) is 13.2 Å². The van der Waals surface area contributed by atoms with Crippen LogP contribution in [-0.2, 0) is 0 Å². The number of hydrogen-bond acceptors (Lipinski definition) is 6. The molecule has 3 aromatic rings. The van der Waals surface area contributed by atoms with Crippen LogP contribution in [-0.4, -0.2) is 34.1 Å². The molecule has 1 aromatic heterocycles. The molecule has 3 rings (SSSR count). The van der Waals surface area contributed by atoms with Gasteiger partial charge in [0.15, 0.2) is 0 Å². The van der Waals surface area contributed by atoms with Crippen molar-refractivity contribution in [3.05, 3.63) is 58.8 Å². The zero-order valence-corrected chi connectivity index (χ0v) is 19.2. The van der Waals surface area contributed by atoms with Crippen LogP contribution in [0.3, 0.4) is 0 Å². The molecule has 0 aliphatic carbocycles. The number of nitrogens with one attached hydrogen (secondary N) is 2. The molecule has 0 radical (unpaired) electrons. The van der Waals surface area contributed by atoms with E-state index in [0.717, 1.165) is 0 Å². The number of nitrogens with zero attached hydrogens (tertiary/aromatic N) is 2. The lowest BCUT2D eigenvalue weighted by Crippen LogP contribution is -2.30. The maximum Gasteiger partial charge on any atom is 0.573 e. The number of rotatable bonds is 8. The lowest BCUT2D eigenvalue weighted by Gasteiger charge is -2.21. The van der Waals surface area contributed by atoms with Gasteiger partial charge >= 0.3 is 6.36 Å². The molecule has 1 atom stereocenters. The van der Waals surface area contributed by atoms with Crippen molar-refractivity contribution in [3.63, 3.8) is 0 Å². The number of ether oxygens (including phenoxy) is 1. The minimum atomic E-state index is -4.83. The Balaban J connectivity index is 2.01. The van der Waals surface area contributed by atoms with Crippen molar-refractivity contribution < 1.29 is 27.4 Å². The molecule has 0 aliphatic rings. The van der Waals surface area contributed by atoms with Crippen molar-refractivity contribution in [2.45, 2.75) is 26.3 Å². The Kier molecular flexibility index (Phi) is 7.75. The molecular weight excluding hydrogens is 508 g/mol. The number of anilines is 3. The van der Waals surface area contributed by atoms with Crippen LogP contribution in [0, 0.1) is 11.7 Å². The van der Waals surface area contributed by atoms with Gasteiger partial charge in [-0.25, -0.2) is 9.37 Å². The van der Waals surface area contributed by atoms with E-state index in [0.29, 0.717) is 21.4 Å². The topological polar surface area (TPSA) is 79.3 Å². The fourth-order valence-corrected chi connectivity index (χ4v) is 3.13. The molecule has 2 aromatic carbocycles. The summed E-state index contributed by atoms with van der Waals surface area (Å²) in [5.74, 6) is -0.421. The van der Waals surface area contributed by atoms with Gasteiger partial charge in [0.1, 0.15) is 17.4 Å². The second-order valence-electron chi connectivity index (χ2n) is 7.47. The van der Waals surface area contributed by atoms with E-state index in [1.807, 2.05) is 13.8 Å². The molecule has 0 bridgehead atoms. The zero-order chi connectivity index (χ0) is 24.2. The van der Waals surface area contributed by atoms with E-state index in [9.17, 15) is 22.7 Å². The number of benzene rings is 2. The first-order valence-corrected chi connectivity index (χ1v) is 10.7. The molecule has 0 saturated carbocycles. The van der Waals surface area contributed by atoms with E-state index in [-0.39, 0.29) is 30.3 Å². The van der Waals surface area contributed by atoms with E-state index < -0.39 is 17.9 Å². The quantitative estimate of drug-likeness (QED) is 0.306. The second-order valence-corrected chi connectivity index (χ2v) is 8.32. The third-order valence-corrected chi connectivity index (χ3v) is 5.24. The summed E-state index contributed by atoms with van der Waals surface area (Å²) in [7, 11) is 0. The van der Waals surface area contributed by atoms with E-state index in [1.165, 1.54) is 36.4 Å². The van der Waals surface area contributed by atoms with Crippen LogP contribution in [0.5, 0.6) is 5.75 Å². The fourth-order valence-electron chi connectivity index (χ4n) is 2.89. The van der Waals surface area contributed by atoms with Crippen LogP contribution in [0.25, 0.3) is 11.3 Å². The molecule has 0 amide bonds. The summed E-state index contributed by atoms with van der Waals surface area (Å²) in [5, 5.41) is 15.6. The van der Waals surface area contributed by atoms with Crippen LogP contribution >= 0.6 is 15.9 Å². The van der Waals surface area contributed by atoms with Gasteiger partial charge in [0.2, 0.25) is 5.95 Å². The fraction of sp³-hybridized carbons (Fsp3) is 0.273. The van der Waals surface area contributed by atoms with Crippen LogP contribution in [0.2, 0.25) is 0 Å². The minimum absolute atomic E-state index is 0.0442. The normalized spacial score (nSPS) is 12.5. The minimum Gasteiger partial charge on any atom is -0.406 e. The number of aromatic nitrogens is 2. The van der Waals surface area contributed by atoms with Gasteiger partial charge in [0.25, 0.3) is 0 Å². The summed E-state index contributed by atoms with van der Waals surface area (Å²) < 4.78 is 56.1. The monoisotopic (exact) mass is 528 g/mol. The van der Waals surface area contributed by atoms with Crippen LogP contribution < -0.4 is 15.4 Å². The van der Waals surface area contributed by atoms with Crippen molar-refractivity contribution in [2.24, 2.45) is 5.92 Å². The summed E-state index contributed by atoms with van der Waals surface area (Å²) in [5.41, 5.74) is 1.04. The highest BCUT2D eigenvalue weighted by Gasteiger charge is 2.31. The molecule has 0 spiro atoms. The van der Waals surface area contributed by atoms with Gasteiger partial charge in [0, 0.05) is 17.3 Å². The molecule has 0 saturated heterocycles. The molecule has 3 N–H and O–H groups in total. The molecular formula is C22H21BrF4N4O2. The zero-order valence-electron chi connectivity index (χ0n) is 17.6. The maximum atomic E-state index is 13.9. The van der Waals surface area contributed by atoms with Crippen molar-refractivity contribution in [1.29, 1.82) is 0 Å². The number of aliphatic hydroxyl groups excluding tert-OH is 1. The highest BCUT2D eigenvalue weighted by Crippen LogP contribution is 2.30. The van der Waals surface area contributed by atoms with Gasteiger partial charge < -0.3 is 20.5 Å². The average molecular weight is 529 g/mol. The number of alkyl halides is 3. The van der Waals surface area contributed by atoms with Crippen molar-refractivity contribution in [1.82, 2.24) is 9.97 Å². The third-order valence-electron chi connectivity index (χ3n) is 4.60. The van der Waals surface area contributed by atoms with E-state index in [2.05, 4.69) is 41.3 Å². The Morgan fingerprint density at radius 2 is 1.85 bits per heavy atom. The van der Waals surface area contributed by atoms with E-state index >= 15 is 0 Å². The molecule has 0 aliphatic heterocycles. The van der Waals surface area contributed by atoms with E-state index in [1.54, 1.807) is 12.1 Å². The Bertz CT molecular complexity index is 1110. The molecule has 176 valence electrons. The maximum absolute atomic E-state index is 13.9. The molecule has 0 fully saturated rings. The van der Waals surface area contributed by atoms with Crippen molar-refractivity contribution in [2.75, 3.05) is 17.2 Å². The smallest absolute Gasteiger partial charge is 0.406 e. The van der Waals surface area contributed by atoms with Crippen LogP contribution in [0.1, 0.15) is 13.8 Å². The highest BCUT2D eigenvalue weighted by molar-refractivity contribution is 9.10. The van der Waals surface area contributed by atoms with E-state index in [4.69, 9.17) is 0 Å². The summed E-state index contributed by atoms with van der Waals surface area (Å²) in [6, 6.07) is 10.9. The molecule has 1 heterocycles. The standard InChI is InChI=1S/C22H21BrF4N4O2/c1-12(2)19(11-32)30-21-29-18(13-4-3-5-15(8-13)33-22(25,26)27)10-20(31-21)28-14-6-7-16(23)17(24)9-14/h3-10,12,19,32H,11H2,1-2H3,(H2,28,29,30,31)/t19-/m1/s1. The summed E-state index contributed by atoms with van der Waals surface area (Å²) in [6.45, 7) is 3.62. The SMILES string of the molecule is CC(C)[C@@H](CO)Nc1nc(Nc2ccc(Br)c(F)c2)cc(-c2cccc(OC(F)(F)F)c2)n1. The summed E-state index contributed by atoms with van der Waals surface area (Å²) in [4.78, 5) is 8.76. The number of hydrogen-bond donors (Lipinski definition) is 3. The molecule has 6 nitrogen and oxygen atoms in total. The number of aliphatic hydroxyl groups is 1. The van der Waals surface area contributed by atoms with Crippen molar-refractivity contribution >= 4 is 33.4 Å².